The zero-order valence-corrected chi connectivity index (χ0v) is 12.6. The number of rotatable bonds is 7. The summed E-state index contributed by atoms with van der Waals surface area (Å²) in [5.41, 5.74) is -1.14. The van der Waals surface area contributed by atoms with E-state index >= 15 is 0 Å². The molecule has 0 spiro atoms. The monoisotopic (exact) mass is 306 g/mol. The van der Waals surface area contributed by atoms with E-state index in [9.17, 15) is 18.0 Å². The van der Waals surface area contributed by atoms with Crippen molar-refractivity contribution in [1.82, 2.24) is 10.6 Å². The Labute approximate surface area is 119 Å². The Kier molecular flexibility index (Phi) is 5.52. The molecule has 0 bridgehead atoms. The Hall–Kier alpha value is -1.15. The first kappa shape index (κ1) is 16.9. The van der Waals surface area contributed by atoms with Gasteiger partial charge in [0.2, 0.25) is 5.91 Å². The fraction of sp³-hybridized carbons (Fsp3) is 0.833. The van der Waals surface area contributed by atoms with Crippen LogP contribution in [0.2, 0.25) is 0 Å². The summed E-state index contributed by atoms with van der Waals surface area (Å²) in [5, 5.41) is 14.5. The van der Waals surface area contributed by atoms with Crippen LogP contribution in [0.4, 0.5) is 0 Å². The quantitative estimate of drug-likeness (QED) is 0.586. The van der Waals surface area contributed by atoms with Gasteiger partial charge in [0.15, 0.2) is 9.84 Å². The van der Waals surface area contributed by atoms with Crippen LogP contribution in [0.1, 0.15) is 33.1 Å². The van der Waals surface area contributed by atoms with Gasteiger partial charge >= 0.3 is 5.97 Å². The third-order valence-corrected chi connectivity index (χ3v) is 5.23. The molecule has 0 aromatic rings. The molecule has 116 valence electrons. The van der Waals surface area contributed by atoms with Gasteiger partial charge in [-0.1, -0.05) is 13.3 Å². The van der Waals surface area contributed by atoms with Gasteiger partial charge in [-0.3, -0.25) is 14.9 Å². The average molecular weight is 306 g/mol. The highest BCUT2D eigenvalue weighted by molar-refractivity contribution is 7.91. The third-order valence-electron chi connectivity index (χ3n) is 3.46. The summed E-state index contributed by atoms with van der Waals surface area (Å²) in [6.07, 6.45) is 1.50. The molecule has 0 aliphatic carbocycles. The van der Waals surface area contributed by atoms with E-state index in [2.05, 4.69) is 10.6 Å². The van der Waals surface area contributed by atoms with Gasteiger partial charge in [-0.15, -0.1) is 0 Å². The number of sulfone groups is 1. The van der Waals surface area contributed by atoms with Crippen molar-refractivity contribution in [3.05, 3.63) is 0 Å². The fourth-order valence-corrected chi connectivity index (χ4v) is 3.91. The van der Waals surface area contributed by atoms with Gasteiger partial charge in [0.1, 0.15) is 5.54 Å². The van der Waals surface area contributed by atoms with E-state index in [1.165, 1.54) is 6.92 Å². The number of hydrogen-bond donors (Lipinski definition) is 3. The Morgan fingerprint density at radius 3 is 2.50 bits per heavy atom. The topological polar surface area (TPSA) is 113 Å². The largest absolute Gasteiger partial charge is 0.480 e. The molecular weight excluding hydrogens is 284 g/mol. The van der Waals surface area contributed by atoms with E-state index in [0.717, 1.165) is 0 Å². The highest BCUT2D eigenvalue weighted by atomic mass is 32.2. The second-order valence-corrected chi connectivity index (χ2v) is 7.64. The molecule has 1 fully saturated rings. The molecule has 0 radical (unpaired) electrons. The van der Waals surface area contributed by atoms with E-state index in [0.29, 0.717) is 19.3 Å². The maximum atomic E-state index is 11.7. The first-order valence-electron chi connectivity index (χ1n) is 6.67. The molecule has 3 N–H and O–H groups in total. The minimum absolute atomic E-state index is 0.0378. The predicted octanol–water partition coefficient (Wildman–Crippen LogP) is -0.477. The fourth-order valence-electron chi connectivity index (χ4n) is 2.23. The van der Waals surface area contributed by atoms with Crippen LogP contribution >= 0.6 is 0 Å². The minimum atomic E-state index is -3.04. The molecule has 1 rings (SSSR count). The molecule has 20 heavy (non-hydrogen) atoms. The van der Waals surface area contributed by atoms with Crippen molar-refractivity contribution in [1.29, 1.82) is 0 Å². The molecule has 2 unspecified atom stereocenters. The molecular formula is C12H22N2O5S. The highest BCUT2D eigenvalue weighted by Gasteiger charge is 2.33. The maximum absolute atomic E-state index is 11.7. The van der Waals surface area contributed by atoms with Crippen molar-refractivity contribution in [2.45, 2.75) is 44.7 Å². The SMILES string of the molecule is CCCC(C)(NCC(=O)NC1CCS(=O)(=O)C1)C(=O)O. The van der Waals surface area contributed by atoms with Crippen molar-refractivity contribution in [2.24, 2.45) is 0 Å². The van der Waals surface area contributed by atoms with Gasteiger partial charge in [0.05, 0.1) is 18.1 Å². The molecule has 1 aliphatic heterocycles. The summed E-state index contributed by atoms with van der Waals surface area (Å²) < 4.78 is 22.5. The first-order chi connectivity index (χ1) is 9.18. The summed E-state index contributed by atoms with van der Waals surface area (Å²) in [4.78, 5) is 22.9. The van der Waals surface area contributed by atoms with Crippen LogP contribution in [0, 0.1) is 0 Å². The number of aliphatic carboxylic acids is 1. The normalized spacial score (nSPS) is 24.0. The molecule has 0 aromatic carbocycles. The second kappa shape index (κ2) is 6.53. The molecule has 1 amide bonds. The average Bonchev–Trinajstić information content (AvgIpc) is 2.66. The van der Waals surface area contributed by atoms with Crippen LogP contribution < -0.4 is 10.6 Å². The van der Waals surface area contributed by atoms with Gasteiger partial charge in [-0.05, 0) is 19.8 Å². The van der Waals surface area contributed by atoms with Gasteiger partial charge < -0.3 is 10.4 Å². The van der Waals surface area contributed by atoms with E-state index in [4.69, 9.17) is 5.11 Å². The zero-order valence-electron chi connectivity index (χ0n) is 11.8. The molecule has 1 saturated heterocycles. The Morgan fingerprint density at radius 2 is 2.05 bits per heavy atom. The lowest BCUT2D eigenvalue weighted by Gasteiger charge is -2.25. The van der Waals surface area contributed by atoms with Gasteiger partial charge in [-0.2, -0.15) is 0 Å². The number of carbonyl (C=O) groups is 2. The van der Waals surface area contributed by atoms with Crippen LogP contribution in [0.25, 0.3) is 0 Å². The molecule has 0 saturated carbocycles. The van der Waals surface area contributed by atoms with E-state index in [1.54, 1.807) is 0 Å². The van der Waals surface area contributed by atoms with Crippen LogP contribution in [-0.4, -0.2) is 55.0 Å². The lowest BCUT2D eigenvalue weighted by molar-refractivity contribution is -0.144. The molecule has 7 nitrogen and oxygen atoms in total. The number of nitrogens with one attached hydrogen (secondary N) is 2. The summed E-state index contributed by atoms with van der Waals surface area (Å²) in [6.45, 7) is 3.26. The van der Waals surface area contributed by atoms with Gasteiger partial charge in [0.25, 0.3) is 0 Å². The van der Waals surface area contributed by atoms with Crippen molar-refractivity contribution >= 4 is 21.7 Å². The number of hydrogen-bond acceptors (Lipinski definition) is 5. The Balaban J connectivity index is 2.45. The number of amides is 1. The van der Waals surface area contributed by atoms with E-state index < -0.39 is 21.3 Å². The molecule has 2 atom stereocenters. The summed E-state index contributed by atoms with van der Waals surface area (Å²) in [6, 6.07) is -0.364. The Morgan fingerprint density at radius 1 is 1.40 bits per heavy atom. The van der Waals surface area contributed by atoms with Crippen LogP contribution in [0.5, 0.6) is 0 Å². The van der Waals surface area contributed by atoms with Gasteiger partial charge in [0, 0.05) is 6.04 Å². The van der Waals surface area contributed by atoms with E-state index in [1.807, 2.05) is 6.92 Å². The maximum Gasteiger partial charge on any atom is 0.323 e. The molecule has 0 aromatic heterocycles. The third kappa shape index (κ3) is 4.75. The zero-order chi connectivity index (χ0) is 15.4. The summed E-state index contributed by atoms with van der Waals surface area (Å²) in [5.74, 6) is -1.33. The van der Waals surface area contributed by atoms with Crippen molar-refractivity contribution in [3.8, 4) is 0 Å². The molecule has 8 heteroatoms. The second-order valence-electron chi connectivity index (χ2n) is 5.41. The number of carboxylic acid groups (broad SMARTS) is 1. The molecule has 1 aliphatic rings. The summed E-state index contributed by atoms with van der Waals surface area (Å²) in [7, 11) is -3.04. The smallest absolute Gasteiger partial charge is 0.323 e. The lowest BCUT2D eigenvalue weighted by Crippen LogP contribution is -2.53. The Bertz CT molecular complexity index is 476. The number of carbonyl (C=O) groups excluding carboxylic acids is 1. The van der Waals surface area contributed by atoms with E-state index in [-0.39, 0.29) is 30.0 Å². The van der Waals surface area contributed by atoms with Gasteiger partial charge in [-0.25, -0.2) is 8.42 Å². The number of carboxylic acids is 1. The van der Waals surface area contributed by atoms with Crippen LogP contribution in [0.15, 0.2) is 0 Å². The molecule has 1 heterocycles. The van der Waals surface area contributed by atoms with Crippen molar-refractivity contribution in [2.75, 3.05) is 18.1 Å². The van der Waals surface area contributed by atoms with Crippen molar-refractivity contribution in [3.63, 3.8) is 0 Å². The predicted molar refractivity (Wildman–Crippen MR) is 74.2 cm³/mol. The standard InChI is InChI=1S/C12H22N2O5S/c1-3-5-12(2,11(16)17)13-7-10(15)14-9-4-6-20(18,19)8-9/h9,13H,3-8H2,1-2H3,(H,14,15)(H,16,17). The van der Waals surface area contributed by atoms with Crippen LogP contribution in [-0.2, 0) is 19.4 Å². The highest BCUT2D eigenvalue weighted by Crippen LogP contribution is 2.13. The summed E-state index contributed by atoms with van der Waals surface area (Å²) >= 11 is 0. The first-order valence-corrected chi connectivity index (χ1v) is 8.49. The lowest BCUT2D eigenvalue weighted by atomic mass is 9.96. The van der Waals surface area contributed by atoms with Crippen LogP contribution in [0.3, 0.4) is 0 Å². The minimum Gasteiger partial charge on any atom is -0.480 e. The van der Waals surface area contributed by atoms with Crippen molar-refractivity contribution < 1.29 is 23.1 Å².